The van der Waals surface area contributed by atoms with E-state index in [2.05, 4.69) is 5.32 Å². The summed E-state index contributed by atoms with van der Waals surface area (Å²) in [4.78, 5) is 11.3. The van der Waals surface area contributed by atoms with Gasteiger partial charge in [-0.2, -0.15) is 26.3 Å². The van der Waals surface area contributed by atoms with Crippen LogP contribution in [-0.2, 0) is 21.9 Å². The third-order valence-corrected chi connectivity index (χ3v) is 4.06. The Morgan fingerprint density at radius 2 is 1.59 bits per heavy atom. The first kappa shape index (κ1) is 23.2. The minimum atomic E-state index is -5.12. The van der Waals surface area contributed by atoms with Crippen molar-refractivity contribution in [3.8, 4) is 5.75 Å². The molecule has 2 rings (SSSR count). The molecular weight excluding hydrogens is 416 g/mol. The molecule has 0 aliphatic carbocycles. The number of nitrogens with one attached hydrogen (secondary N) is 1. The van der Waals surface area contributed by atoms with Crippen molar-refractivity contribution < 1.29 is 55.9 Å². The molecule has 0 saturated carbocycles. The van der Waals surface area contributed by atoms with E-state index < -0.39 is 72.4 Å². The zero-order valence-corrected chi connectivity index (χ0v) is 14.7. The Hall–Kier alpha value is -2.09. The standard InChI is InChI=1S/C16H17F6NO6/c1-6(25)23-11-13(27)12(26)10(5-24)29-14(11)28-9-3-7(15(17,18)19)2-8(4-9)16(20,21)22/h2-4,10-14,24,26-27H,5H2,1H3,(H,23,25)/t10-,11+,12+,13-,14-/m0/s1. The molecule has 1 amide bonds. The number of aliphatic hydroxyl groups is 3. The fourth-order valence-corrected chi connectivity index (χ4v) is 2.70. The van der Waals surface area contributed by atoms with E-state index in [4.69, 9.17) is 9.47 Å². The van der Waals surface area contributed by atoms with E-state index >= 15 is 0 Å². The third-order valence-electron chi connectivity index (χ3n) is 4.06. The van der Waals surface area contributed by atoms with E-state index in [1.54, 1.807) is 0 Å². The first-order valence-corrected chi connectivity index (χ1v) is 8.09. The molecule has 1 aliphatic rings. The molecule has 0 radical (unpaired) electrons. The van der Waals surface area contributed by atoms with Gasteiger partial charge in [0.25, 0.3) is 0 Å². The monoisotopic (exact) mass is 433 g/mol. The topological polar surface area (TPSA) is 108 Å². The summed E-state index contributed by atoms with van der Waals surface area (Å²) in [5.74, 6) is -1.66. The van der Waals surface area contributed by atoms with Crippen molar-refractivity contribution in [3.63, 3.8) is 0 Å². The number of carbonyl (C=O) groups is 1. The predicted octanol–water partition coefficient (Wildman–Crippen LogP) is 1.05. The van der Waals surface area contributed by atoms with Gasteiger partial charge in [-0.25, -0.2) is 0 Å². The molecule has 1 saturated heterocycles. The Labute approximate surface area is 159 Å². The van der Waals surface area contributed by atoms with Crippen LogP contribution in [0.5, 0.6) is 5.75 Å². The normalized spacial score (nSPS) is 28.1. The Balaban J connectivity index is 2.43. The molecule has 0 spiro atoms. The smallest absolute Gasteiger partial charge is 0.416 e. The van der Waals surface area contributed by atoms with Crippen LogP contribution in [0, 0.1) is 0 Å². The highest BCUT2D eigenvalue weighted by molar-refractivity contribution is 5.73. The molecule has 13 heteroatoms. The van der Waals surface area contributed by atoms with Gasteiger partial charge in [0.05, 0.1) is 17.7 Å². The lowest BCUT2D eigenvalue weighted by atomic mass is 9.97. The number of amides is 1. The SMILES string of the molecule is CC(=O)N[C@H]1[C@@H](Oc2cc(C(F)(F)F)cc(C(F)(F)F)c2)O[C@@H](CO)[C@@H](O)[C@H]1O. The number of alkyl halides is 6. The minimum Gasteiger partial charge on any atom is -0.463 e. The average Bonchev–Trinajstić information content (AvgIpc) is 2.59. The highest BCUT2D eigenvalue weighted by atomic mass is 19.4. The minimum absolute atomic E-state index is 0.102. The van der Waals surface area contributed by atoms with Gasteiger partial charge in [0.1, 0.15) is 30.1 Å². The van der Waals surface area contributed by atoms with Crippen molar-refractivity contribution in [3.05, 3.63) is 29.3 Å². The van der Waals surface area contributed by atoms with Crippen LogP contribution in [0.2, 0.25) is 0 Å². The summed E-state index contributed by atoms with van der Waals surface area (Å²) in [5.41, 5.74) is -3.29. The van der Waals surface area contributed by atoms with Gasteiger partial charge >= 0.3 is 12.4 Å². The summed E-state index contributed by atoms with van der Waals surface area (Å²) in [5, 5.41) is 31.3. The lowest BCUT2D eigenvalue weighted by molar-refractivity contribution is -0.244. The lowest BCUT2D eigenvalue weighted by Gasteiger charge is -2.42. The number of hydrogen-bond acceptors (Lipinski definition) is 6. The van der Waals surface area contributed by atoms with Crippen LogP contribution >= 0.6 is 0 Å². The number of ether oxygens (including phenoxy) is 2. The Kier molecular flexibility index (Phi) is 6.67. The molecule has 4 N–H and O–H groups in total. The maximum Gasteiger partial charge on any atom is 0.416 e. The number of aliphatic hydroxyl groups excluding tert-OH is 3. The summed E-state index contributed by atoms with van der Waals surface area (Å²) in [7, 11) is 0. The molecule has 29 heavy (non-hydrogen) atoms. The second kappa shape index (κ2) is 8.34. The van der Waals surface area contributed by atoms with Crippen molar-refractivity contribution in [1.29, 1.82) is 0 Å². The number of benzene rings is 1. The van der Waals surface area contributed by atoms with E-state index in [0.29, 0.717) is 0 Å². The number of rotatable bonds is 4. The average molecular weight is 433 g/mol. The molecule has 5 atom stereocenters. The molecule has 0 aromatic heterocycles. The molecular formula is C16H17F6NO6. The fraction of sp³-hybridized carbons (Fsp3) is 0.562. The molecule has 1 aromatic carbocycles. The maximum absolute atomic E-state index is 13.0. The summed E-state index contributed by atoms with van der Waals surface area (Å²) in [6, 6.07) is -1.08. The van der Waals surface area contributed by atoms with Crippen LogP contribution in [0.25, 0.3) is 0 Å². The molecule has 1 fully saturated rings. The lowest BCUT2D eigenvalue weighted by Crippen LogP contribution is -2.65. The maximum atomic E-state index is 13.0. The molecule has 1 aromatic rings. The summed E-state index contributed by atoms with van der Waals surface area (Å²) < 4.78 is 88.1. The quantitative estimate of drug-likeness (QED) is 0.529. The Morgan fingerprint density at radius 3 is 2.00 bits per heavy atom. The van der Waals surface area contributed by atoms with Gasteiger partial charge in [-0.15, -0.1) is 0 Å². The highest BCUT2D eigenvalue weighted by Crippen LogP contribution is 2.39. The number of hydrogen-bond donors (Lipinski definition) is 4. The van der Waals surface area contributed by atoms with Gasteiger partial charge in [-0.05, 0) is 18.2 Å². The van der Waals surface area contributed by atoms with Crippen LogP contribution in [-0.4, -0.2) is 58.5 Å². The third kappa shape index (κ3) is 5.50. The Morgan fingerprint density at radius 1 is 1.07 bits per heavy atom. The zero-order valence-electron chi connectivity index (χ0n) is 14.7. The van der Waals surface area contributed by atoms with E-state index in [1.807, 2.05) is 0 Å². The van der Waals surface area contributed by atoms with Gasteiger partial charge in [0.2, 0.25) is 12.2 Å². The predicted molar refractivity (Wildman–Crippen MR) is 82.4 cm³/mol. The second-order valence-corrected chi connectivity index (χ2v) is 6.29. The van der Waals surface area contributed by atoms with Crippen LogP contribution in [0.3, 0.4) is 0 Å². The Bertz CT molecular complexity index is 707. The number of halogens is 6. The van der Waals surface area contributed by atoms with Gasteiger partial charge in [0, 0.05) is 6.92 Å². The van der Waals surface area contributed by atoms with Crippen molar-refractivity contribution in [2.45, 2.75) is 49.9 Å². The van der Waals surface area contributed by atoms with Gasteiger partial charge in [-0.1, -0.05) is 0 Å². The van der Waals surface area contributed by atoms with Crippen LogP contribution in [0.4, 0.5) is 26.3 Å². The molecule has 0 unspecified atom stereocenters. The first-order valence-electron chi connectivity index (χ1n) is 8.09. The van der Waals surface area contributed by atoms with E-state index in [9.17, 15) is 46.5 Å². The highest BCUT2D eigenvalue weighted by Gasteiger charge is 2.46. The van der Waals surface area contributed by atoms with E-state index in [1.165, 1.54) is 0 Å². The molecule has 0 bridgehead atoms. The summed E-state index contributed by atoms with van der Waals surface area (Å²) in [6.07, 6.45) is -17.0. The fourth-order valence-electron chi connectivity index (χ4n) is 2.70. The second-order valence-electron chi connectivity index (χ2n) is 6.29. The van der Waals surface area contributed by atoms with Crippen molar-refractivity contribution in [2.24, 2.45) is 0 Å². The van der Waals surface area contributed by atoms with Gasteiger partial charge < -0.3 is 30.1 Å². The van der Waals surface area contributed by atoms with E-state index in [-0.39, 0.29) is 18.2 Å². The van der Waals surface area contributed by atoms with Crippen molar-refractivity contribution in [1.82, 2.24) is 5.32 Å². The van der Waals surface area contributed by atoms with E-state index in [0.717, 1.165) is 6.92 Å². The van der Waals surface area contributed by atoms with Crippen molar-refractivity contribution in [2.75, 3.05) is 6.61 Å². The molecule has 1 heterocycles. The van der Waals surface area contributed by atoms with Crippen LogP contribution in [0.15, 0.2) is 18.2 Å². The van der Waals surface area contributed by atoms with Crippen LogP contribution < -0.4 is 10.1 Å². The van der Waals surface area contributed by atoms with Gasteiger partial charge in [-0.3, -0.25) is 4.79 Å². The van der Waals surface area contributed by atoms with Crippen LogP contribution in [0.1, 0.15) is 18.1 Å². The van der Waals surface area contributed by atoms with Crippen molar-refractivity contribution >= 4 is 5.91 Å². The first-order chi connectivity index (χ1) is 13.2. The largest absolute Gasteiger partial charge is 0.463 e. The molecule has 164 valence electrons. The summed E-state index contributed by atoms with van der Waals surface area (Å²) >= 11 is 0. The molecule has 1 aliphatic heterocycles. The van der Waals surface area contributed by atoms with Gasteiger partial charge in [0.15, 0.2) is 0 Å². The summed E-state index contributed by atoms with van der Waals surface area (Å²) in [6.45, 7) is 0.168. The molecule has 7 nitrogen and oxygen atoms in total. The zero-order chi connectivity index (χ0) is 22.1. The number of carbonyl (C=O) groups excluding carboxylic acids is 1.